The second-order valence-electron chi connectivity index (χ2n) is 6.62. The Morgan fingerprint density at radius 2 is 0.931 bits per heavy atom. The van der Waals surface area contributed by atoms with Gasteiger partial charge in [0.2, 0.25) is 0 Å². The fraction of sp³-hybridized carbons (Fsp3) is 0. The molecule has 0 saturated heterocycles. The van der Waals surface area contributed by atoms with Crippen LogP contribution in [0.2, 0.25) is 0 Å². The van der Waals surface area contributed by atoms with Crippen LogP contribution in [0.3, 0.4) is 0 Å². The quantitative estimate of drug-likeness (QED) is 0.235. The van der Waals surface area contributed by atoms with E-state index in [1.165, 1.54) is 12.1 Å². The maximum atomic E-state index is 12.8. The number of benzene rings is 4. The van der Waals surface area contributed by atoms with Crippen LogP contribution in [0, 0.1) is 0 Å². The lowest BCUT2D eigenvalue weighted by Gasteiger charge is -2.12. The zero-order valence-electron chi connectivity index (χ0n) is 15.3. The van der Waals surface area contributed by atoms with Crippen LogP contribution in [0.15, 0.2) is 60.7 Å². The third kappa shape index (κ3) is 2.94. The molecule has 8 N–H and O–H groups in total. The Bertz CT molecular complexity index is 1200. The summed E-state index contributed by atoms with van der Waals surface area (Å²) in [5.41, 5.74) is 26.0. The summed E-state index contributed by atoms with van der Waals surface area (Å²) >= 11 is 0. The number of carbonyl (C=O) groups is 2. The molecule has 0 saturated carbocycles. The summed E-state index contributed by atoms with van der Waals surface area (Å²) in [5, 5.41) is 2.10. The van der Waals surface area contributed by atoms with Gasteiger partial charge in [0, 0.05) is 44.3 Å². The molecule has 4 aromatic carbocycles. The topological polar surface area (TPSA) is 147 Å². The van der Waals surface area contributed by atoms with E-state index in [2.05, 4.69) is 0 Å². The minimum absolute atomic E-state index is 0.189. The van der Waals surface area contributed by atoms with Crippen molar-refractivity contribution in [3.63, 3.8) is 0 Å². The maximum absolute atomic E-state index is 12.8. The molecule has 29 heavy (non-hydrogen) atoms. The molecule has 0 aromatic heterocycles. The second kappa shape index (κ2) is 6.72. The van der Waals surface area contributed by atoms with Crippen LogP contribution >= 0.6 is 0 Å². The molecule has 0 atom stereocenters. The smallest absolute Gasteiger partial charge is 0.346 e. The van der Waals surface area contributed by atoms with Crippen LogP contribution in [0.5, 0.6) is 0 Å². The van der Waals surface area contributed by atoms with Crippen LogP contribution in [0.4, 0.5) is 22.7 Å². The Kier molecular flexibility index (Phi) is 4.20. The van der Waals surface area contributed by atoms with Gasteiger partial charge in [0.1, 0.15) is 0 Å². The summed E-state index contributed by atoms with van der Waals surface area (Å²) in [7, 11) is 0. The zero-order valence-corrected chi connectivity index (χ0v) is 15.3. The number of hydrogen-bond donors (Lipinski definition) is 4. The van der Waals surface area contributed by atoms with Crippen LogP contribution in [0.25, 0.3) is 21.5 Å². The van der Waals surface area contributed by atoms with E-state index >= 15 is 0 Å². The fourth-order valence-electron chi connectivity index (χ4n) is 3.48. The Morgan fingerprint density at radius 3 is 1.34 bits per heavy atom. The highest BCUT2D eigenvalue weighted by atomic mass is 16.6. The van der Waals surface area contributed by atoms with Gasteiger partial charge in [-0.05, 0) is 36.4 Å². The normalized spacial score (nSPS) is 10.9. The molecule has 0 aliphatic carbocycles. The van der Waals surface area contributed by atoms with E-state index in [0.29, 0.717) is 44.3 Å². The number of anilines is 4. The first-order chi connectivity index (χ1) is 13.9. The Morgan fingerprint density at radius 1 is 0.552 bits per heavy atom. The first-order valence-corrected chi connectivity index (χ1v) is 8.78. The predicted octanol–water partition coefficient (Wildman–Crippen LogP) is 3.32. The number of nitrogens with two attached hydrogens (primary N) is 4. The summed E-state index contributed by atoms with van der Waals surface area (Å²) in [4.78, 5) is 25.5. The van der Waals surface area contributed by atoms with Gasteiger partial charge in [-0.3, -0.25) is 0 Å². The molecule has 0 unspecified atom stereocenters. The molecule has 0 amide bonds. The summed E-state index contributed by atoms with van der Waals surface area (Å²) in [6.07, 6.45) is 0. The molecule has 0 spiro atoms. The number of rotatable bonds is 2. The summed E-state index contributed by atoms with van der Waals surface area (Å²) in [6.45, 7) is 0. The maximum Gasteiger partial charge on any atom is 0.346 e. The molecule has 4 rings (SSSR count). The van der Waals surface area contributed by atoms with Crippen molar-refractivity contribution < 1.29 is 14.3 Å². The molecule has 0 heterocycles. The lowest BCUT2D eigenvalue weighted by atomic mass is 10.0. The van der Waals surface area contributed by atoms with Crippen molar-refractivity contribution in [2.24, 2.45) is 0 Å². The van der Waals surface area contributed by atoms with Gasteiger partial charge in [-0.25, -0.2) is 9.59 Å². The van der Waals surface area contributed by atoms with Crippen molar-refractivity contribution in [2.45, 2.75) is 0 Å². The van der Waals surface area contributed by atoms with E-state index in [-0.39, 0.29) is 11.1 Å². The summed E-state index contributed by atoms with van der Waals surface area (Å²) < 4.78 is 5.16. The molecule has 0 bridgehead atoms. The summed E-state index contributed by atoms with van der Waals surface area (Å²) in [6, 6.07) is 16.3. The molecule has 7 nitrogen and oxygen atoms in total. The van der Waals surface area contributed by atoms with E-state index in [9.17, 15) is 9.59 Å². The fourth-order valence-corrected chi connectivity index (χ4v) is 3.48. The molecule has 0 aliphatic heterocycles. The van der Waals surface area contributed by atoms with E-state index in [4.69, 9.17) is 27.7 Å². The van der Waals surface area contributed by atoms with Crippen LogP contribution < -0.4 is 22.9 Å². The van der Waals surface area contributed by atoms with E-state index in [1.807, 2.05) is 0 Å². The predicted molar refractivity (Wildman–Crippen MR) is 115 cm³/mol. The van der Waals surface area contributed by atoms with Gasteiger partial charge in [0.15, 0.2) is 0 Å². The number of nitrogen functional groups attached to an aromatic ring is 4. The monoisotopic (exact) mass is 386 g/mol. The third-order valence-electron chi connectivity index (χ3n) is 4.84. The number of carbonyl (C=O) groups excluding carboxylic acids is 2. The van der Waals surface area contributed by atoms with Crippen molar-refractivity contribution in [2.75, 3.05) is 22.9 Å². The average Bonchev–Trinajstić information content (AvgIpc) is 2.68. The van der Waals surface area contributed by atoms with Crippen LogP contribution in [0.1, 0.15) is 20.7 Å². The molecular formula is C22H18N4O3. The largest absolute Gasteiger partial charge is 0.398 e. The minimum Gasteiger partial charge on any atom is -0.398 e. The molecule has 7 heteroatoms. The number of hydrogen-bond acceptors (Lipinski definition) is 7. The van der Waals surface area contributed by atoms with Gasteiger partial charge in [-0.1, -0.05) is 24.3 Å². The first-order valence-electron chi connectivity index (χ1n) is 8.78. The van der Waals surface area contributed by atoms with Crippen LogP contribution in [-0.2, 0) is 4.74 Å². The Balaban J connectivity index is 1.75. The number of esters is 2. The Labute approximate surface area is 165 Å². The zero-order chi connectivity index (χ0) is 20.7. The lowest BCUT2D eigenvalue weighted by molar-refractivity contribution is 0.0401. The third-order valence-corrected chi connectivity index (χ3v) is 4.84. The first kappa shape index (κ1) is 18.1. The lowest BCUT2D eigenvalue weighted by Crippen LogP contribution is -2.14. The highest BCUT2D eigenvalue weighted by molar-refractivity contribution is 6.17. The van der Waals surface area contributed by atoms with Gasteiger partial charge in [0.05, 0.1) is 11.1 Å². The SMILES string of the molecule is Nc1cccc2c(C(=O)OC(=O)c3ccc(N)c4c(N)cccc34)ccc(N)c12. The van der Waals surface area contributed by atoms with Crippen LogP contribution in [-0.4, -0.2) is 11.9 Å². The van der Waals surface area contributed by atoms with E-state index in [0.717, 1.165) is 0 Å². The van der Waals surface area contributed by atoms with Crippen molar-refractivity contribution in [1.82, 2.24) is 0 Å². The molecule has 144 valence electrons. The molecule has 0 radical (unpaired) electrons. The van der Waals surface area contributed by atoms with Gasteiger partial charge >= 0.3 is 11.9 Å². The van der Waals surface area contributed by atoms with E-state index in [1.54, 1.807) is 48.5 Å². The van der Waals surface area contributed by atoms with Gasteiger partial charge < -0.3 is 27.7 Å². The molecule has 0 aliphatic rings. The highest BCUT2D eigenvalue weighted by Crippen LogP contribution is 2.32. The van der Waals surface area contributed by atoms with Crippen molar-refractivity contribution in [3.8, 4) is 0 Å². The van der Waals surface area contributed by atoms with Crippen molar-refractivity contribution in [1.29, 1.82) is 0 Å². The van der Waals surface area contributed by atoms with Crippen molar-refractivity contribution in [3.05, 3.63) is 71.8 Å². The number of ether oxygens (including phenoxy) is 1. The average molecular weight is 386 g/mol. The molecule has 0 fully saturated rings. The van der Waals surface area contributed by atoms with Gasteiger partial charge in [0.25, 0.3) is 0 Å². The standard InChI is InChI=1S/C22H18N4O3/c23-15-5-1-3-11-13(7-9-17(25)19(11)15)21(27)29-22(28)14-8-10-18(26)20-12(14)4-2-6-16(20)24/h1-10H,23-26H2. The summed E-state index contributed by atoms with van der Waals surface area (Å²) in [5.74, 6) is -1.61. The highest BCUT2D eigenvalue weighted by Gasteiger charge is 2.21. The molecule has 4 aromatic rings. The second-order valence-corrected chi connectivity index (χ2v) is 6.62. The van der Waals surface area contributed by atoms with Gasteiger partial charge in [-0.15, -0.1) is 0 Å². The van der Waals surface area contributed by atoms with E-state index < -0.39 is 11.9 Å². The molecular weight excluding hydrogens is 368 g/mol. The Hall–Kier alpha value is -4.26. The van der Waals surface area contributed by atoms with Crippen molar-refractivity contribution >= 4 is 56.2 Å². The number of fused-ring (bicyclic) bond motifs is 2. The van der Waals surface area contributed by atoms with Gasteiger partial charge in [-0.2, -0.15) is 0 Å². The minimum atomic E-state index is -0.806.